The van der Waals surface area contributed by atoms with Crippen molar-refractivity contribution in [1.29, 1.82) is 0 Å². The van der Waals surface area contributed by atoms with Crippen LogP contribution in [0.25, 0.3) is 22.2 Å². The number of anilines is 3. The van der Waals surface area contributed by atoms with E-state index in [2.05, 4.69) is 30.1 Å². The molecule has 39 heavy (non-hydrogen) atoms. The van der Waals surface area contributed by atoms with Gasteiger partial charge in [0, 0.05) is 37.0 Å². The van der Waals surface area contributed by atoms with E-state index in [0.717, 1.165) is 57.5 Å². The van der Waals surface area contributed by atoms with Gasteiger partial charge in [0.1, 0.15) is 11.6 Å². The van der Waals surface area contributed by atoms with Crippen molar-refractivity contribution in [2.75, 3.05) is 36.4 Å². The maximum Gasteiger partial charge on any atom is 0.259 e. The number of aliphatic hydroxyl groups excluding tert-OH is 1. The van der Waals surface area contributed by atoms with E-state index in [-0.39, 0.29) is 17.5 Å². The zero-order valence-electron chi connectivity index (χ0n) is 21.9. The van der Waals surface area contributed by atoms with Gasteiger partial charge in [0.25, 0.3) is 5.56 Å². The quantitative estimate of drug-likeness (QED) is 0.330. The normalized spacial score (nSPS) is 17.0. The summed E-state index contributed by atoms with van der Waals surface area (Å²) in [5, 5.41) is 13.5. The van der Waals surface area contributed by atoms with E-state index in [1.807, 2.05) is 24.3 Å². The summed E-state index contributed by atoms with van der Waals surface area (Å²) < 4.78 is 15.8. The van der Waals surface area contributed by atoms with E-state index >= 15 is 4.39 Å². The molecule has 3 aromatic heterocycles. The fraction of sp³-hybridized carbons (Fsp3) is 0.367. The lowest BCUT2D eigenvalue weighted by Gasteiger charge is -2.31. The maximum absolute atomic E-state index is 15.8. The van der Waals surface area contributed by atoms with Crippen LogP contribution in [0.2, 0.25) is 0 Å². The van der Waals surface area contributed by atoms with Crippen LogP contribution in [0.15, 0.2) is 59.7 Å². The van der Waals surface area contributed by atoms with Gasteiger partial charge in [-0.3, -0.25) is 9.69 Å². The molecule has 0 aliphatic carbocycles. The summed E-state index contributed by atoms with van der Waals surface area (Å²) in [6.07, 6.45) is 8.11. The van der Waals surface area contributed by atoms with Crippen LogP contribution < -0.4 is 15.8 Å². The molecule has 2 saturated heterocycles. The van der Waals surface area contributed by atoms with Gasteiger partial charge in [-0.1, -0.05) is 18.6 Å². The third-order valence-electron chi connectivity index (χ3n) is 7.77. The minimum atomic E-state index is -0.281. The third kappa shape index (κ3) is 5.51. The highest BCUT2D eigenvalue weighted by Crippen LogP contribution is 2.31. The Morgan fingerprint density at radius 3 is 2.64 bits per heavy atom. The van der Waals surface area contributed by atoms with Crippen LogP contribution in [-0.2, 0) is 6.54 Å². The van der Waals surface area contributed by atoms with Crippen LogP contribution in [0, 0.1) is 5.82 Å². The zero-order chi connectivity index (χ0) is 26.8. The van der Waals surface area contributed by atoms with E-state index in [4.69, 9.17) is 0 Å². The number of hydrogen-bond acceptors (Lipinski definition) is 7. The van der Waals surface area contributed by atoms with Crippen molar-refractivity contribution in [3.63, 3.8) is 0 Å². The second-order valence-corrected chi connectivity index (χ2v) is 10.5. The number of fused-ring (bicyclic) bond motifs is 1. The number of nitrogens with zero attached hydrogens (tertiary/aromatic N) is 4. The summed E-state index contributed by atoms with van der Waals surface area (Å²) in [4.78, 5) is 29.3. The van der Waals surface area contributed by atoms with Gasteiger partial charge in [-0.2, -0.15) is 0 Å². The molecule has 0 saturated carbocycles. The first kappa shape index (κ1) is 25.5. The molecule has 0 amide bonds. The van der Waals surface area contributed by atoms with Crippen LogP contribution in [0.3, 0.4) is 0 Å². The second kappa shape index (κ2) is 11.1. The average Bonchev–Trinajstić information content (AvgIpc) is 2.95. The van der Waals surface area contributed by atoms with E-state index in [1.54, 1.807) is 30.6 Å². The Hall–Kier alpha value is -3.82. The van der Waals surface area contributed by atoms with Crippen LogP contribution in [0.4, 0.5) is 21.6 Å². The molecule has 2 fully saturated rings. The molecule has 0 unspecified atom stereocenters. The summed E-state index contributed by atoms with van der Waals surface area (Å²) in [5.41, 5.74) is 3.21. The number of pyridine rings is 3. The number of benzene rings is 1. The molecule has 0 bridgehead atoms. The van der Waals surface area contributed by atoms with Crippen molar-refractivity contribution in [1.82, 2.24) is 19.9 Å². The fourth-order valence-electron chi connectivity index (χ4n) is 5.60. The lowest BCUT2D eigenvalue weighted by molar-refractivity contribution is 0.145. The average molecular weight is 529 g/mol. The van der Waals surface area contributed by atoms with Crippen molar-refractivity contribution in [2.24, 2.45) is 0 Å². The summed E-state index contributed by atoms with van der Waals surface area (Å²) >= 11 is 0. The van der Waals surface area contributed by atoms with Crippen molar-refractivity contribution in [3.8, 4) is 11.3 Å². The zero-order valence-corrected chi connectivity index (χ0v) is 21.9. The molecule has 0 spiro atoms. The monoisotopic (exact) mass is 528 g/mol. The Bertz CT molecular complexity index is 1510. The minimum Gasteiger partial charge on any atom is -0.393 e. The summed E-state index contributed by atoms with van der Waals surface area (Å²) in [6, 6.07) is 12.7. The molecule has 3 N–H and O–H groups in total. The first-order chi connectivity index (χ1) is 19.0. The number of likely N-dealkylation sites (tertiary alicyclic amines) is 1. The highest BCUT2D eigenvalue weighted by atomic mass is 19.1. The second-order valence-electron chi connectivity index (χ2n) is 10.5. The van der Waals surface area contributed by atoms with Gasteiger partial charge in [0.05, 0.1) is 40.3 Å². The minimum absolute atomic E-state index is 0.238. The number of aliphatic hydroxyl groups is 1. The third-order valence-corrected chi connectivity index (χ3v) is 7.77. The van der Waals surface area contributed by atoms with Crippen LogP contribution in [0.1, 0.15) is 37.7 Å². The number of nitrogens with one attached hydrogen (secondary N) is 2. The summed E-state index contributed by atoms with van der Waals surface area (Å²) in [7, 11) is 0. The number of hydrogen-bond donors (Lipinski definition) is 3. The van der Waals surface area contributed by atoms with Gasteiger partial charge in [-0.25, -0.2) is 14.4 Å². The smallest absolute Gasteiger partial charge is 0.259 e. The molecule has 0 radical (unpaired) electrons. The number of halogens is 1. The molecule has 5 heterocycles. The first-order valence-corrected chi connectivity index (χ1v) is 13.7. The number of rotatable bonds is 6. The molecule has 8 nitrogen and oxygen atoms in total. The van der Waals surface area contributed by atoms with E-state index in [1.165, 1.54) is 6.42 Å². The molecule has 4 aromatic rings. The molecule has 9 heteroatoms. The molecule has 2 aliphatic rings. The molecule has 6 rings (SSSR count). The van der Waals surface area contributed by atoms with Crippen molar-refractivity contribution in [2.45, 2.75) is 44.8 Å². The predicted octanol–water partition coefficient (Wildman–Crippen LogP) is 4.81. The van der Waals surface area contributed by atoms with Gasteiger partial charge in [0.15, 0.2) is 0 Å². The molecule has 2 aliphatic heterocycles. The largest absolute Gasteiger partial charge is 0.393 e. The van der Waals surface area contributed by atoms with Gasteiger partial charge >= 0.3 is 0 Å². The lowest BCUT2D eigenvalue weighted by Crippen LogP contribution is -2.35. The van der Waals surface area contributed by atoms with Crippen molar-refractivity contribution >= 4 is 28.1 Å². The predicted molar refractivity (Wildman–Crippen MR) is 152 cm³/mol. The number of aromatic amines is 1. The van der Waals surface area contributed by atoms with Crippen molar-refractivity contribution < 1.29 is 9.50 Å². The van der Waals surface area contributed by atoms with Crippen molar-refractivity contribution in [3.05, 3.63) is 76.6 Å². The van der Waals surface area contributed by atoms with Crippen LogP contribution in [0.5, 0.6) is 0 Å². The first-order valence-electron chi connectivity index (χ1n) is 13.7. The van der Waals surface area contributed by atoms with Gasteiger partial charge in [0.2, 0.25) is 0 Å². The Balaban J connectivity index is 1.32. The van der Waals surface area contributed by atoms with Crippen LogP contribution in [-0.4, -0.2) is 57.2 Å². The number of aromatic nitrogens is 3. The highest BCUT2D eigenvalue weighted by Gasteiger charge is 2.19. The Morgan fingerprint density at radius 1 is 1.05 bits per heavy atom. The topological polar surface area (TPSA) is 97.4 Å². The van der Waals surface area contributed by atoms with E-state index < -0.39 is 0 Å². The molecule has 0 atom stereocenters. The molecular weight excluding hydrogens is 495 g/mol. The fourth-order valence-corrected chi connectivity index (χ4v) is 5.60. The standard InChI is InChI=1S/C30H33FN6O2/c31-29-20(19-36-13-2-1-3-14-36)5-4-6-23(29)25-17-26(28-24(34-25)9-12-32-30(28)39)35-27-8-7-21(18-33-27)37-15-10-22(38)11-16-37/h4-9,12,17-18,22,38H,1-3,10-11,13-16,19H2,(H,32,39)(H,33,34,35). The molecule has 1 aromatic carbocycles. The summed E-state index contributed by atoms with van der Waals surface area (Å²) in [6.45, 7) is 4.11. The maximum atomic E-state index is 15.8. The van der Waals surface area contributed by atoms with Gasteiger partial charge in [-0.15, -0.1) is 0 Å². The Kier molecular flexibility index (Phi) is 7.26. The van der Waals surface area contributed by atoms with Gasteiger partial charge in [-0.05, 0) is 69.1 Å². The van der Waals surface area contributed by atoms with E-state index in [9.17, 15) is 9.90 Å². The van der Waals surface area contributed by atoms with E-state index in [0.29, 0.717) is 45.8 Å². The lowest BCUT2D eigenvalue weighted by atomic mass is 10.0. The Labute approximate surface area is 226 Å². The highest BCUT2D eigenvalue weighted by molar-refractivity contribution is 5.94. The number of piperidine rings is 2. The number of H-pyrrole nitrogens is 1. The Morgan fingerprint density at radius 2 is 1.87 bits per heavy atom. The van der Waals surface area contributed by atoms with Crippen LogP contribution >= 0.6 is 0 Å². The SMILES string of the molecule is O=c1[nH]ccc2nc(-c3cccc(CN4CCCCC4)c3F)cc(Nc3ccc(N4CCC(O)CC4)cn3)c12. The van der Waals surface area contributed by atoms with Gasteiger partial charge < -0.3 is 20.3 Å². The molecule has 202 valence electrons. The molecular formula is C30H33FN6O2. The summed E-state index contributed by atoms with van der Waals surface area (Å²) in [5.74, 6) is 0.289.